The Bertz CT molecular complexity index is 514. The molecule has 19 heavy (non-hydrogen) atoms. The molecule has 0 saturated heterocycles. The maximum atomic E-state index is 6.21. The van der Waals surface area contributed by atoms with Crippen LogP contribution in [-0.2, 0) is 0 Å². The molecule has 2 N–H and O–H groups in total. The SMILES string of the molecule is CCC1CCCC12CN=C(N)N2c1ccccc1Br. The number of anilines is 1. The molecule has 1 saturated carbocycles. The van der Waals surface area contributed by atoms with Crippen molar-refractivity contribution < 1.29 is 0 Å². The summed E-state index contributed by atoms with van der Waals surface area (Å²) in [5.41, 5.74) is 7.47. The average Bonchev–Trinajstić information content (AvgIpc) is 2.96. The molecule has 3 rings (SSSR count). The first-order valence-electron chi connectivity index (χ1n) is 7.04. The van der Waals surface area contributed by atoms with Crippen LogP contribution in [0.5, 0.6) is 0 Å². The van der Waals surface area contributed by atoms with Crippen molar-refractivity contribution in [1.29, 1.82) is 0 Å². The molecule has 1 fully saturated rings. The van der Waals surface area contributed by atoms with Crippen molar-refractivity contribution in [2.24, 2.45) is 16.6 Å². The second kappa shape index (κ2) is 4.82. The van der Waals surface area contributed by atoms with Gasteiger partial charge in [0.15, 0.2) is 5.96 Å². The van der Waals surface area contributed by atoms with E-state index in [1.165, 1.54) is 25.7 Å². The zero-order valence-corrected chi connectivity index (χ0v) is 12.9. The highest BCUT2D eigenvalue weighted by molar-refractivity contribution is 9.10. The van der Waals surface area contributed by atoms with Crippen LogP contribution in [0.1, 0.15) is 32.6 Å². The third-order valence-electron chi connectivity index (χ3n) is 4.70. The van der Waals surface area contributed by atoms with Crippen molar-refractivity contribution in [2.75, 3.05) is 11.4 Å². The zero-order chi connectivity index (χ0) is 13.5. The van der Waals surface area contributed by atoms with Crippen LogP contribution in [0.15, 0.2) is 33.7 Å². The molecule has 0 bridgehead atoms. The molecule has 1 heterocycles. The summed E-state index contributed by atoms with van der Waals surface area (Å²) in [6.45, 7) is 3.13. The highest BCUT2D eigenvalue weighted by atomic mass is 79.9. The van der Waals surface area contributed by atoms with E-state index in [2.05, 4.69) is 50.9 Å². The van der Waals surface area contributed by atoms with Gasteiger partial charge in [0.1, 0.15) is 0 Å². The van der Waals surface area contributed by atoms with E-state index in [1.807, 2.05) is 6.07 Å². The summed E-state index contributed by atoms with van der Waals surface area (Å²) in [4.78, 5) is 6.86. The van der Waals surface area contributed by atoms with Crippen LogP contribution in [0.4, 0.5) is 5.69 Å². The van der Waals surface area contributed by atoms with Gasteiger partial charge in [-0.2, -0.15) is 0 Å². The first-order valence-corrected chi connectivity index (χ1v) is 7.83. The van der Waals surface area contributed by atoms with E-state index in [9.17, 15) is 0 Å². The zero-order valence-electron chi connectivity index (χ0n) is 11.3. The van der Waals surface area contributed by atoms with Gasteiger partial charge in [-0.1, -0.05) is 31.9 Å². The van der Waals surface area contributed by atoms with Gasteiger partial charge in [-0.3, -0.25) is 4.99 Å². The number of guanidine groups is 1. The van der Waals surface area contributed by atoms with Crippen LogP contribution in [0, 0.1) is 5.92 Å². The Balaban J connectivity index is 2.06. The number of hydrogen-bond acceptors (Lipinski definition) is 3. The van der Waals surface area contributed by atoms with E-state index in [1.54, 1.807) is 0 Å². The molecule has 1 aliphatic carbocycles. The van der Waals surface area contributed by atoms with Gasteiger partial charge in [-0.05, 0) is 46.8 Å². The quantitative estimate of drug-likeness (QED) is 0.905. The van der Waals surface area contributed by atoms with Crippen LogP contribution in [0.2, 0.25) is 0 Å². The Labute approximate surface area is 123 Å². The van der Waals surface area contributed by atoms with Gasteiger partial charge in [0.05, 0.1) is 17.8 Å². The molecule has 2 atom stereocenters. The topological polar surface area (TPSA) is 41.6 Å². The number of nitrogens with two attached hydrogens (primary N) is 1. The second-order valence-electron chi connectivity index (χ2n) is 5.56. The summed E-state index contributed by atoms with van der Waals surface area (Å²) in [5.74, 6) is 1.36. The Morgan fingerprint density at radius 2 is 2.26 bits per heavy atom. The Morgan fingerprint density at radius 3 is 3.00 bits per heavy atom. The fraction of sp³-hybridized carbons (Fsp3) is 0.533. The fourth-order valence-electron chi connectivity index (χ4n) is 3.80. The van der Waals surface area contributed by atoms with E-state index in [-0.39, 0.29) is 5.54 Å². The molecule has 2 aliphatic rings. The first-order chi connectivity index (χ1) is 9.19. The predicted octanol–water partition coefficient (Wildman–Crippen LogP) is 3.53. The van der Waals surface area contributed by atoms with Crippen molar-refractivity contribution >= 4 is 27.6 Å². The highest BCUT2D eigenvalue weighted by Crippen LogP contribution is 2.47. The summed E-state index contributed by atoms with van der Waals surface area (Å²) < 4.78 is 1.09. The molecule has 1 aliphatic heterocycles. The number of aliphatic imine (C=N–C) groups is 1. The van der Waals surface area contributed by atoms with Crippen molar-refractivity contribution in [1.82, 2.24) is 0 Å². The Kier molecular flexibility index (Phi) is 3.29. The van der Waals surface area contributed by atoms with Gasteiger partial charge >= 0.3 is 0 Å². The van der Waals surface area contributed by atoms with Gasteiger partial charge < -0.3 is 10.6 Å². The van der Waals surface area contributed by atoms with Gasteiger partial charge in [-0.15, -0.1) is 0 Å². The number of rotatable bonds is 2. The third-order valence-corrected chi connectivity index (χ3v) is 5.37. The summed E-state index contributed by atoms with van der Waals surface area (Å²) in [6.07, 6.45) is 4.96. The lowest BCUT2D eigenvalue weighted by molar-refractivity contribution is 0.331. The molecule has 1 aromatic carbocycles. The molecule has 0 radical (unpaired) electrons. The minimum atomic E-state index is 0.114. The fourth-order valence-corrected chi connectivity index (χ4v) is 4.26. The lowest BCUT2D eigenvalue weighted by Gasteiger charge is -2.41. The molecule has 1 aromatic rings. The lowest BCUT2D eigenvalue weighted by Crippen LogP contribution is -2.54. The Hall–Kier alpha value is -1.03. The van der Waals surface area contributed by atoms with Crippen LogP contribution in [0.3, 0.4) is 0 Å². The molecule has 0 aromatic heterocycles. The molecular weight excluding hydrogens is 302 g/mol. The second-order valence-corrected chi connectivity index (χ2v) is 6.42. The van der Waals surface area contributed by atoms with Crippen LogP contribution >= 0.6 is 15.9 Å². The number of para-hydroxylation sites is 1. The van der Waals surface area contributed by atoms with Crippen LogP contribution < -0.4 is 10.6 Å². The molecule has 4 heteroatoms. The number of nitrogens with zero attached hydrogens (tertiary/aromatic N) is 2. The summed E-state index contributed by atoms with van der Waals surface area (Å²) >= 11 is 3.65. The molecule has 0 amide bonds. The minimum absolute atomic E-state index is 0.114. The largest absolute Gasteiger partial charge is 0.369 e. The number of benzene rings is 1. The highest BCUT2D eigenvalue weighted by Gasteiger charge is 2.51. The normalized spacial score (nSPS) is 30.1. The van der Waals surface area contributed by atoms with Crippen LogP contribution in [-0.4, -0.2) is 18.0 Å². The van der Waals surface area contributed by atoms with Gasteiger partial charge in [0, 0.05) is 4.47 Å². The molecule has 3 nitrogen and oxygen atoms in total. The van der Waals surface area contributed by atoms with Gasteiger partial charge in [0.2, 0.25) is 0 Å². The summed E-state index contributed by atoms with van der Waals surface area (Å²) in [7, 11) is 0. The van der Waals surface area contributed by atoms with E-state index >= 15 is 0 Å². The van der Waals surface area contributed by atoms with E-state index in [4.69, 9.17) is 5.73 Å². The summed E-state index contributed by atoms with van der Waals surface area (Å²) in [5, 5.41) is 0. The van der Waals surface area contributed by atoms with Crippen molar-refractivity contribution in [3.05, 3.63) is 28.7 Å². The Morgan fingerprint density at radius 1 is 1.47 bits per heavy atom. The smallest absolute Gasteiger partial charge is 0.196 e. The first kappa shape index (κ1) is 13.0. The van der Waals surface area contributed by atoms with Gasteiger partial charge in [0.25, 0.3) is 0 Å². The van der Waals surface area contributed by atoms with Crippen molar-refractivity contribution in [3.63, 3.8) is 0 Å². The van der Waals surface area contributed by atoms with Crippen LogP contribution in [0.25, 0.3) is 0 Å². The van der Waals surface area contributed by atoms with E-state index < -0.39 is 0 Å². The minimum Gasteiger partial charge on any atom is -0.369 e. The monoisotopic (exact) mass is 321 g/mol. The number of halogens is 1. The van der Waals surface area contributed by atoms with E-state index in [0.29, 0.717) is 11.9 Å². The number of hydrogen-bond donors (Lipinski definition) is 1. The molecular formula is C15H20BrN3. The molecule has 2 unspecified atom stereocenters. The van der Waals surface area contributed by atoms with Crippen molar-refractivity contribution in [3.8, 4) is 0 Å². The van der Waals surface area contributed by atoms with Gasteiger partial charge in [-0.25, -0.2) is 0 Å². The van der Waals surface area contributed by atoms with E-state index in [0.717, 1.165) is 16.7 Å². The summed E-state index contributed by atoms with van der Waals surface area (Å²) in [6, 6.07) is 8.31. The molecule has 102 valence electrons. The maximum Gasteiger partial charge on any atom is 0.196 e. The standard InChI is InChI=1S/C15H20BrN3/c1-2-11-6-5-9-15(11)10-18-14(17)19(15)13-8-4-3-7-12(13)16/h3-4,7-8,11H,2,5-6,9-10H2,1H3,(H2,17,18). The maximum absolute atomic E-state index is 6.21. The third kappa shape index (κ3) is 1.88. The predicted molar refractivity (Wildman–Crippen MR) is 83.5 cm³/mol. The molecule has 1 spiro atoms. The average molecular weight is 322 g/mol. The lowest BCUT2D eigenvalue weighted by atomic mass is 9.84. The van der Waals surface area contributed by atoms with Crippen molar-refractivity contribution in [2.45, 2.75) is 38.1 Å².